The number of aliphatic carboxylic acids is 1. The number of rotatable bonds is 6. The summed E-state index contributed by atoms with van der Waals surface area (Å²) >= 11 is 0. The second-order valence-electron chi connectivity index (χ2n) is 9.07. The molecule has 9 nitrogen and oxygen atoms in total. The SMILES string of the molecule is O=C(NCc1cccnc1)c1cc2c(c3ccccc3n2CC2CC2)n1-c1ncccn1.O=C(O)C(F)(F)F. The molecule has 0 saturated heterocycles. The van der Waals surface area contributed by atoms with Crippen LogP contribution in [0.2, 0.25) is 0 Å². The lowest BCUT2D eigenvalue weighted by molar-refractivity contribution is -0.192. The zero-order chi connectivity index (χ0) is 27.6. The Balaban J connectivity index is 0.000000392. The van der Waals surface area contributed by atoms with E-state index in [-0.39, 0.29) is 5.91 Å². The fourth-order valence-corrected chi connectivity index (χ4v) is 4.31. The van der Waals surface area contributed by atoms with Crippen LogP contribution in [0.5, 0.6) is 0 Å². The lowest BCUT2D eigenvalue weighted by atomic mass is 10.2. The van der Waals surface area contributed by atoms with E-state index in [1.54, 1.807) is 30.9 Å². The number of carbonyl (C=O) groups is 2. The maximum absolute atomic E-state index is 13.3. The molecule has 200 valence electrons. The smallest absolute Gasteiger partial charge is 0.475 e. The summed E-state index contributed by atoms with van der Waals surface area (Å²) in [7, 11) is 0. The van der Waals surface area contributed by atoms with Crippen LogP contribution in [0.4, 0.5) is 13.2 Å². The first kappa shape index (κ1) is 25.9. The Morgan fingerprint density at radius 1 is 1.00 bits per heavy atom. The molecule has 0 spiro atoms. The van der Waals surface area contributed by atoms with Gasteiger partial charge >= 0.3 is 12.1 Å². The quantitative estimate of drug-likeness (QED) is 0.324. The third-order valence-corrected chi connectivity index (χ3v) is 6.26. The zero-order valence-electron chi connectivity index (χ0n) is 20.5. The molecule has 4 aromatic heterocycles. The Morgan fingerprint density at radius 3 is 2.36 bits per heavy atom. The highest BCUT2D eigenvalue weighted by atomic mass is 19.4. The van der Waals surface area contributed by atoms with Gasteiger partial charge < -0.3 is 15.0 Å². The molecule has 1 fully saturated rings. The number of para-hydroxylation sites is 1. The van der Waals surface area contributed by atoms with Gasteiger partial charge in [-0.2, -0.15) is 13.2 Å². The molecule has 39 heavy (non-hydrogen) atoms. The van der Waals surface area contributed by atoms with Gasteiger partial charge in [0.05, 0.1) is 16.6 Å². The van der Waals surface area contributed by atoms with Gasteiger partial charge in [0, 0.05) is 43.3 Å². The number of aromatic nitrogens is 5. The number of nitrogens with zero attached hydrogens (tertiary/aromatic N) is 5. The second-order valence-corrected chi connectivity index (χ2v) is 9.07. The summed E-state index contributed by atoms with van der Waals surface area (Å²) in [6.07, 6.45) is 4.32. The van der Waals surface area contributed by atoms with Crippen molar-refractivity contribution in [1.82, 2.24) is 29.4 Å². The van der Waals surface area contributed by atoms with E-state index in [0.717, 1.165) is 28.5 Å². The van der Waals surface area contributed by atoms with Gasteiger partial charge in [-0.15, -0.1) is 0 Å². The van der Waals surface area contributed by atoms with Gasteiger partial charge in [-0.1, -0.05) is 24.3 Å². The van der Waals surface area contributed by atoms with Crippen molar-refractivity contribution in [2.24, 2.45) is 5.92 Å². The van der Waals surface area contributed by atoms with Crippen LogP contribution >= 0.6 is 0 Å². The number of alkyl halides is 3. The summed E-state index contributed by atoms with van der Waals surface area (Å²) in [4.78, 5) is 35.3. The first-order valence-electron chi connectivity index (χ1n) is 12.1. The van der Waals surface area contributed by atoms with Crippen molar-refractivity contribution in [2.75, 3.05) is 0 Å². The molecule has 1 aromatic carbocycles. The molecule has 1 saturated carbocycles. The molecular formula is C27H23F3N6O3. The summed E-state index contributed by atoms with van der Waals surface area (Å²) < 4.78 is 36.0. The van der Waals surface area contributed by atoms with E-state index in [4.69, 9.17) is 9.90 Å². The number of carboxylic acid groups (broad SMARTS) is 1. The molecule has 1 aliphatic carbocycles. The van der Waals surface area contributed by atoms with E-state index in [1.807, 2.05) is 28.8 Å². The highest BCUT2D eigenvalue weighted by Gasteiger charge is 2.38. The summed E-state index contributed by atoms with van der Waals surface area (Å²) in [5.41, 5.74) is 4.66. The lowest BCUT2D eigenvalue weighted by Crippen LogP contribution is -2.25. The van der Waals surface area contributed by atoms with Crippen LogP contribution in [-0.4, -0.2) is 47.2 Å². The van der Waals surface area contributed by atoms with Crippen LogP contribution in [0, 0.1) is 5.92 Å². The van der Waals surface area contributed by atoms with Crippen LogP contribution in [0.25, 0.3) is 27.9 Å². The molecule has 4 heterocycles. The van der Waals surface area contributed by atoms with Crippen molar-refractivity contribution >= 4 is 33.8 Å². The average Bonchev–Trinajstić information content (AvgIpc) is 3.60. The van der Waals surface area contributed by atoms with Gasteiger partial charge in [-0.3, -0.25) is 14.3 Å². The van der Waals surface area contributed by atoms with Gasteiger partial charge in [-0.05, 0) is 48.6 Å². The van der Waals surface area contributed by atoms with Crippen molar-refractivity contribution < 1.29 is 27.9 Å². The number of hydrogen-bond acceptors (Lipinski definition) is 5. The number of nitrogens with one attached hydrogen (secondary N) is 1. The van der Waals surface area contributed by atoms with Crippen LogP contribution in [0.15, 0.2) is 73.3 Å². The van der Waals surface area contributed by atoms with E-state index in [1.165, 1.54) is 18.4 Å². The predicted octanol–water partition coefficient (Wildman–Crippen LogP) is 4.74. The standard InChI is InChI=1S/C25H22N6O.C2HF3O2/c32-24(29-15-18-5-3-10-26-14-18)22-13-21-23(31(22)25-27-11-4-12-28-25)19-6-1-2-7-20(19)30(21)16-17-8-9-17;3-2(4,5)1(6)7/h1-7,10-14,17H,8-9,15-16H2,(H,29,32);(H,6,7). The minimum atomic E-state index is -5.08. The van der Waals surface area contributed by atoms with Crippen molar-refractivity contribution in [3.8, 4) is 5.95 Å². The molecule has 0 radical (unpaired) electrons. The van der Waals surface area contributed by atoms with E-state index >= 15 is 0 Å². The third kappa shape index (κ3) is 5.59. The van der Waals surface area contributed by atoms with Gasteiger partial charge in [0.15, 0.2) is 0 Å². The normalized spacial score (nSPS) is 13.2. The summed E-state index contributed by atoms with van der Waals surface area (Å²) in [6.45, 7) is 1.36. The number of hydrogen-bond donors (Lipinski definition) is 2. The van der Waals surface area contributed by atoms with E-state index < -0.39 is 12.1 Å². The monoisotopic (exact) mass is 536 g/mol. The van der Waals surface area contributed by atoms with Gasteiger partial charge in [0.25, 0.3) is 5.91 Å². The van der Waals surface area contributed by atoms with Gasteiger partial charge in [0.1, 0.15) is 5.69 Å². The Hall–Kier alpha value is -4.74. The van der Waals surface area contributed by atoms with Crippen molar-refractivity contribution in [3.05, 3.63) is 84.6 Å². The predicted molar refractivity (Wildman–Crippen MR) is 136 cm³/mol. The highest BCUT2D eigenvalue weighted by Crippen LogP contribution is 2.37. The average molecular weight is 537 g/mol. The molecular weight excluding hydrogens is 513 g/mol. The van der Waals surface area contributed by atoms with Gasteiger partial charge in [0.2, 0.25) is 5.95 Å². The van der Waals surface area contributed by atoms with E-state index in [2.05, 4.69) is 43.0 Å². The van der Waals surface area contributed by atoms with Crippen LogP contribution < -0.4 is 5.32 Å². The second kappa shape index (κ2) is 10.6. The number of benzene rings is 1. The topological polar surface area (TPSA) is 115 Å². The van der Waals surface area contributed by atoms with E-state index in [9.17, 15) is 18.0 Å². The molecule has 0 atom stereocenters. The van der Waals surface area contributed by atoms with Crippen molar-refractivity contribution in [1.29, 1.82) is 0 Å². The fourth-order valence-electron chi connectivity index (χ4n) is 4.31. The minimum Gasteiger partial charge on any atom is -0.475 e. The summed E-state index contributed by atoms with van der Waals surface area (Å²) in [6, 6.07) is 15.9. The summed E-state index contributed by atoms with van der Waals surface area (Å²) in [5.74, 6) is -1.73. The van der Waals surface area contributed by atoms with Crippen molar-refractivity contribution in [3.63, 3.8) is 0 Å². The number of carboxylic acids is 1. The number of fused-ring (bicyclic) bond motifs is 3. The summed E-state index contributed by atoms with van der Waals surface area (Å²) in [5, 5.41) is 11.3. The number of carbonyl (C=O) groups excluding carboxylic acids is 1. The maximum Gasteiger partial charge on any atom is 0.490 e. The first-order valence-corrected chi connectivity index (χ1v) is 12.1. The highest BCUT2D eigenvalue weighted by molar-refractivity contribution is 6.11. The zero-order valence-corrected chi connectivity index (χ0v) is 20.5. The van der Waals surface area contributed by atoms with Gasteiger partial charge in [-0.25, -0.2) is 14.8 Å². The molecule has 12 heteroatoms. The number of amides is 1. The fraction of sp³-hybridized carbons (Fsp3) is 0.222. The molecule has 2 N–H and O–H groups in total. The Labute approximate surface area is 219 Å². The number of pyridine rings is 1. The largest absolute Gasteiger partial charge is 0.490 e. The molecule has 0 aliphatic heterocycles. The Bertz CT molecular complexity index is 1630. The first-order chi connectivity index (χ1) is 18.7. The van der Waals surface area contributed by atoms with E-state index in [0.29, 0.717) is 24.1 Å². The molecule has 1 aliphatic rings. The Morgan fingerprint density at radius 2 is 1.72 bits per heavy atom. The molecule has 1 amide bonds. The maximum atomic E-state index is 13.3. The van der Waals surface area contributed by atoms with Crippen LogP contribution in [0.1, 0.15) is 28.9 Å². The van der Waals surface area contributed by atoms with Crippen molar-refractivity contribution in [2.45, 2.75) is 32.1 Å². The molecule has 0 bridgehead atoms. The number of halogens is 3. The molecule has 5 aromatic rings. The third-order valence-electron chi connectivity index (χ3n) is 6.26. The Kier molecular flexibility index (Phi) is 7.01. The molecule has 6 rings (SSSR count). The van der Waals surface area contributed by atoms with Crippen LogP contribution in [0.3, 0.4) is 0 Å². The molecule has 0 unspecified atom stereocenters. The minimum absolute atomic E-state index is 0.167. The lowest BCUT2D eigenvalue weighted by Gasteiger charge is -2.10. The van der Waals surface area contributed by atoms with Crippen LogP contribution in [-0.2, 0) is 17.9 Å².